The van der Waals surface area contributed by atoms with Crippen LogP contribution in [0.15, 0.2) is 35.7 Å². The first kappa shape index (κ1) is 12.7. The van der Waals surface area contributed by atoms with Gasteiger partial charge in [-0.25, -0.2) is 0 Å². The highest BCUT2D eigenvalue weighted by Gasteiger charge is 2.17. The Morgan fingerprint density at radius 3 is 2.72 bits per heavy atom. The topological polar surface area (TPSA) is 66.3 Å². The normalized spacial score (nSPS) is 10.3. The van der Waals surface area contributed by atoms with Crippen molar-refractivity contribution in [3.63, 3.8) is 0 Å². The van der Waals surface area contributed by atoms with Gasteiger partial charge in [0.25, 0.3) is 5.91 Å². The van der Waals surface area contributed by atoms with E-state index in [-0.39, 0.29) is 19.1 Å². The molecule has 0 aliphatic rings. The molecule has 1 amide bonds. The summed E-state index contributed by atoms with van der Waals surface area (Å²) in [4.78, 5) is 13.7. The first-order valence-corrected chi connectivity index (χ1v) is 6.36. The first-order chi connectivity index (χ1) is 8.81. The Hall–Kier alpha value is -1.79. The van der Waals surface area contributed by atoms with E-state index in [1.165, 1.54) is 0 Å². The van der Waals surface area contributed by atoms with Gasteiger partial charge in [-0.15, -0.1) is 5.10 Å². The molecule has 1 N–H and O–H groups in total. The third-order valence-electron chi connectivity index (χ3n) is 2.45. The van der Waals surface area contributed by atoms with Crippen LogP contribution in [0, 0.1) is 0 Å². The summed E-state index contributed by atoms with van der Waals surface area (Å²) in [5, 5.41) is 14.4. The highest BCUT2D eigenvalue weighted by atomic mass is 32.1. The molecule has 0 bridgehead atoms. The number of benzene rings is 1. The first-order valence-electron chi connectivity index (χ1n) is 5.52. The molecule has 0 saturated heterocycles. The molecule has 1 aromatic carbocycles. The van der Waals surface area contributed by atoms with Gasteiger partial charge in [0, 0.05) is 18.5 Å². The fourth-order valence-corrected chi connectivity index (χ4v) is 2.03. The maximum atomic E-state index is 12.1. The summed E-state index contributed by atoms with van der Waals surface area (Å²) in [6, 6.07) is 9.64. The minimum absolute atomic E-state index is 0.0733. The van der Waals surface area contributed by atoms with Gasteiger partial charge in [-0.05, 0) is 17.1 Å². The van der Waals surface area contributed by atoms with Crippen LogP contribution in [0.1, 0.15) is 16.1 Å². The molecule has 0 fully saturated rings. The van der Waals surface area contributed by atoms with E-state index in [0.29, 0.717) is 12.2 Å². The number of carbonyl (C=O) groups excluding carboxylic acids is 1. The molecule has 0 aliphatic heterocycles. The monoisotopic (exact) mass is 263 g/mol. The van der Waals surface area contributed by atoms with Gasteiger partial charge >= 0.3 is 0 Å². The molecule has 0 spiro atoms. The number of aromatic nitrogens is 2. The molecule has 0 saturated carbocycles. The number of carbonyl (C=O) groups is 1. The van der Waals surface area contributed by atoms with Gasteiger partial charge in [0.05, 0.1) is 6.61 Å². The summed E-state index contributed by atoms with van der Waals surface area (Å²) in [6.45, 7) is 0.666. The summed E-state index contributed by atoms with van der Waals surface area (Å²) < 4.78 is 3.67. The van der Waals surface area contributed by atoms with Gasteiger partial charge in [0.2, 0.25) is 0 Å². The number of aliphatic hydroxyl groups is 1. The minimum atomic E-state index is -0.207. The van der Waals surface area contributed by atoms with Crippen molar-refractivity contribution in [1.82, 2.24) is 14.5 Å². The second-order valence-corrected chi connectivity index (χ2v) is 4.34. The molecular formula is C12H13N3O2S. The Balaban J connectivity index is 2.11. The van der Waals surface area contributed by atoms with E-state index in [4.69, 9.17) is 5.11 Å². The van der Waals surface area contributed by atoms with Crippen molar-refractivity contribution in [2.24, 2.45) is 0 Å². The summed E-state index contributed by atoms with van der Waals surface area (Å²) in [5.41, 5.74) is 1.34. The van der Waals surface area contributed by atoms with Crippen LogP contribution in [0.25, 0.3) is 0 Å². The largest absolute Gasteiger partial charge is 0.395 e. The van der Waals surface area contributed by atoms with E-state index >= 15 is 0 Å². The zero-order chi connectivity index (χ0) is 12.8. The number of aliphatic hydroxyl groups excluding tert-OH is 1. The van der Waals surface area contributed by atoms with E-state index < -0.39 is 0 Å². The van der Waals surface area contributed by atoms with Crippen LogP contribution < -0.4 is 0 Å². The lowest BCUT2D eigenvalue weighted by atomic mass is 10.2. The zero-order valence-corrected chi connectivity index (χ0v) is 10.5. The number of hydrogen-bond donors (Lipinski definition) is 1. The SMILES string of the molecule is O=C(c1csnn1)N(CCO)Cc1ccccc1. The van der Waals surface area contributed by atoms with Gasteiger partial charge < -0.3 is 10.0 Å². The van der Waals surface area contributed by atoms with E-state index in [0.717, 1.165) is 17.1 Å². The van der Waals surface area contributed by atoms with Crippen LogP contribution in [0.4, 0.5) is 0 Å². The van der Waals surface area contributed by atoms with Crippen LogP contribution in [0.2, 0.25) is 0 Å². The third kappa shape index (κ3) is 3.12. The van der Waals surface area contributed by atoms with Crippen LogP contribution in [-0.2, 0) is 6.54 Å². The van der Waals surface area contributed by atoms with E-state index in [9.17, 15) is 4.79 Å². The van der Waals surface area contributed by atoms with Gasteiger partial charge in [-0.2, -0.15) is 0 Å². The molecule has 0 atom stereocenters. The van der Waals surface area contributed by atoms with Crippen LogP contribution in [-0.4, -0.2) is 38.7 Å². The van der Waals surface area contributed by atoms with Gasteiger partial charge in [-0.3, -0.25) is 4.79 Å². The molecule has 5 nitrogen and oxygen atoms in total. The predicted octanol–water partition coefficient (Wildman–Crippen LogP) is 1.17. The maximum absolute atomic E-state index is 12.1. The summed E-state index contributed by atoms with van der Waals surface area (Å²) in [7, 11) is 0. The van der Waals surface area contributed by atoms with Crippen LogP contribution in [0.3, 0.4) is 0 Å². The molecule has 0 aliphatic carbocycles. The van der Waals surface area contributed by atoms with Gasteiger partial charge in [0.1, 0.15) is 0 Å². The molecule has 6 heteroatoms. The van der Waals surface area contributed by atoms with Crippen molar-refractivity contribution in [2.45, 2.75) is 6.54 Å². The van der Waals surface area contributed by atoms with Crippen molar-refractivity contribution < 1.29 is 9.90 Å². The second-order valence-electron chi connectivity index (χ2n) is 3.73. The van der Waals surface area contributed by atoms with E-state index in [1.54, 1.807) is 10.3 Å². The minimum Gasteiger partial charge on any atom is -0.395 e. The molecule has 2 aromatic rings. The highest BCUT2D eigenvalue weighted by Crippen LogP contribution is 2.09. The average Bonchev–Trinajstić information content (AvgIpc) is 2.92. The summed E-state index contributed by atoms with van der Waals surface area (Å²) >= 11 is 1.14. The molecular weight excluding hydrogens is 250 g/mol. The predicted molar refractivity (Wildman–Crippen MR) is 68.2 cm³/mol. The molecule has 0 unspecified atom stereocenters. The molecule has 2 rings (SSSR count). The molecule has 0 radical (unpaired) electrons. The van der Waals surface area contributed by atoms with Crippen molar-refractivity contribution in [2.75, 3.05) is 13.2 Å². The van der Waals surface area contributed by atoms with Crippen LogP contribution in [0.5, 0.6) is 0 Å². The lowest BCUT2D eigenvalue weighted by molar-refractivity contribution is 0.0702. The second kappa shape index (κ2) is 6.23. The Morgan fingerprint density at radius 2 is 2.11 bits per heavy atom. The van der Waals surface area contributed by atoms with Crippen LogP contribution >= 0.6 is 11.5 Å². The quantitative estimate of drug-likeness (QED) is 0.879. The maximum Gasteiger partial charge on any atom is 0.275 e. The molecule has 1 aromatic heterocycles. The number of hydrogen-bond acceptors (Lipinski definition) is 5. The Kier molecular flexibility index (Phi) is 4.38. The number of amides is 1. The van der Waals surface area contributed by atoms with Crippen molar-refractivity contribution >= 4 is 17.4 Å². The number of rotatable bonds is 5. The van der Waals surface area contributed by atoms with Crippen molar-refractivity contribution in [3.8, 4) is 0 Å². The molecule has 94 valence electrons. The Bertz CT molecular complexity index is 487. The van der Waals surface area contributed by atoms with Gasteiger partial charge in [0.15, 0.2) is 5.69 Å². The lowest BCUT2D eigenvalue weighted by Crippen LogP contribution is -2.33. The zero-order valence-electron chi connectivity index (χ0n) is 9.69. The highest BCUT2D eigenvalue weighted by molar-refractivity contribution is 7.03. The summed E-state index contributed by atoms with van der Waals surface area (Å²) in [5.74, 6) is -0.207. The number of nitrogens with zero attached hydrogens (tertiary/aromatic N) is 3. The van der Waals surface area contributed by atoms with Crippen molar-refractivity contribution in [3.05, 3.63) is 47.0 Å². The Labute approximate surface area is 109 Å². The lowest BCUT2D eigenvalue weighted by Gasteiger charge is -2.20. The van der Waals surface area contributed by atoms with E-state index in [2.05, 4.69) is 9.59 Å². The molecule has 1 heterocycles. The fraction of sp³-hybridized carbons (Fsp3) is 0.250. The van der Waals surface area contributed by atoms with Crippen molar-refractivity contribution in [1.29, 1.82) is 0 Å². The molecule has 18 heavy (non-hydrogen) atoms. The smallest absolute Gasteiger partial charge is 0.275 e. The standard InChI is InChI=1S/C12H13N3O2S/c16-7-6-15(8-10-4-2-1-3-5-10)12(17)11-9-18-14-13-11/h1-5,9,16H,6-8H2. The fourth-order valence-electron chi connectivity index (χ4n) is 1.60. The third-order valence-corrected chi connectivity index (χ3v) is 2.96. The van der Waals surface area contributed by atoms with Gasteiger partial charge in [-0.1, -0.05) is 34.8 Å². The Morgan fingerprint density at radius 1 is 1.33 bits per heavy atom. The van der Waals surface area contributed by atoms with E-state index in [1.807, 2.05) is 30.3 Å². The summed E-state index contributed by atoms with van der Waals surface area (Å²) in [6.07, 6.45) is 0. The average molecular weight is 263 g/mol.